The van der Waals surface area contributed by atoms with E-state index >= 15 is 0 Å². The zero-order valence-corrected chi connectivity index (χ0v) is 17.0. The second kappa shape index (κ2) is 5.99. The maximum absolute atomic E-state index is 13.3. The monoisotopic (exact) mass is 408 g/mol. The van der Waals surface area contributed by atoms with E-state index in [9.17, 15) is 8.42 Å². The first kappa shape index (κ1) is 17.9. The van der Waals surface area contributed by atoms with Crippen LogP contribution in [-0.4, -0.2) is 37.9 Å². The lowest BCUT2D eigenvalue weighted by atomic mass is 9.98. The largest absolute Gasteiger partial charge is 0.309 e. The summed E-state index contributed by atoms with van der Waals surface area (Å²) in [6, 6.07) is 7.45. The van der Waals surface area contributed by atoms with E-state index < -0.39 is 10.0 Å². The lowest BCUT2D eigenvalue weighted by Gasteiger charge is -2.21. The van der Waals surface area contributed by atoms with Gasteiger partial charge in [0.15, 0.2) is 0 Å². The van der Waals surface area contributed by atoms with Gasteiger partial charge in [0.25, 0.3) is 10.0 Å². The fourth-order valence-electron chi connectivity index (χ4n) is 3.57. The molecule has 0 atom stereocenters. The van der Waals surface area contributed by atoms with E-state index in [0.717, 1.165) is 40.6 Å². The summed E-state index contributed by atoms with van der Waals surface area (Å²) in [6.45, 7) is 2.85. The van der Waals surface area contributed by atoms with Gasteiger partial charge in [-0.1, -0.05) is 29.3 Å². The molecule has 4 rings (SSSR count). The van der Waals surface area contributed by atoms with Crippen LogP contribution >= 0.6 is 23.2 Å². The van der Waals surface area contributed by atoms with Gasteiger partial charge in [0, 0.05) is 29.3 Å². The van der Waals surface area contributed by atoms with E-state index in [0.29, 0.717) is 5.56 Å². The minimum Gasteiger partial charge on any atom is -0.309 e. The number of aromatic nitrogens is 1. The van der Waals surface area contributed by atoms with Crippen molar-refractivity contribution in [1.82, 2.24) is 8.87 Å². The van der Waals surface area contributed by atoms with Crippen LogP contribution in [-0.2, 0) is 16.4 Å². The molecule has 0 bridgehead atoms. The number of aryl methyl sites for hydroxylation is 1. The van der Waals surface area contributed by atoms with Crippen molar-refractivity contribution in [3.05, 3.63) is 51.6 Å². The Morgan fingerprint density at radius 2 is 1.85 bits per heavy atom. The van der Waals surface area contributed by atoms with Gasteiger partial charge in [0.05, 0.1) is 15.6 Å². The van der Waals surface area contributed by atoms with Gasteiger partial charge in [-0.2, -0.15) is 0 Å². The highest BCUT2D eigenvalue weighted by molar-refractivity contribution is 7.90. The summed E-state index contributed by atoms with van der Waals surface area (Å²) in [5, 5.41) is 1.29. The fraction of sp³-hybridized carbons (Fsp3) is 0.263. The molecule has 0 N–H and O–H groups in total. The highest BCUT2D eigenvalue weighted by atomic mass is 35.5. The molecule has 0 amide bonds. The van der Waals surface area contributed by atoms with Gasteiger partial charge in [-0.15, -0.1) is 0 Å². The van der Waals surface area contributed by atoms with Gasteiger partial charge in [0.1, 0.15) is 4.90 Å². The molecule has 0 radical (unpaired) electrons. The average Bonchev–Trinajstić information content (AvgIpc) is 2.93. The predicted molar refractivity (Wildman–Crippen MR) is 107 cm³/mol. The number of hydrogen-bond donors (Lipinski definition) is 0. The molecule has 1 aliphatic rings. The Morgan fingerprint density at radius 3 is 2.54 bits per heavy atom. The highest BCUT2D eigenvalue weighted by Gasteiger charge is 2.34. The van der Waals surface area contributed by atoms with E-state index in [1.165, 1.54) is 3.97 Å². The first-order valence-corrected chi connectivity index (χ1v) is 10.4. The summed E-state index contributed by atoms with van der Waals surface area (Å²) >= 11 is 12.4. The van der Waals surface area contributed by atoms with Gasteiger partial charge in [-0.25, -0.2) is 12.4 Å². The van der Waals surface area contributed by atoms with Crippen molar-refractivity contribution in [2.45, 2.75) is 18.2 Å². The molecule has 2 aromatic carbocycles. The molecule has 0 aliphatic carbocycles. The first-order chi connectivity index (χ1) is 12.2. The van der Waals surface area contributed by atoms with Gasteiger partial charge in [-0.05, 0) is 56.8 Å². The van der Waals surface area contributed by atoms with Gasteiger partial charge >= 0.3 is 0 Å². The smallest absolute Gasteiger partial charge is 0.270 e. The van der Waals surface area contributed by atoms with Gasteiger partial charge in [0.2, 0.25) is 0 Å². The molecule has 0 saturated carbocycles. The van der Waals surface area contributed by atoms with E-state index in [-0.39, 0.29) is 14.9 Å². The molecule has 136 valence electrons. The zero-order valence-electron chi connectivity index (χ0n) is 14.7. The highest BCUT2D eigenvalue weighted by Crippen LogP contribution is 2.46. The van der Waals surface area contributed by atoms with Crippen LogP contribution in [0, 0.1) is 6.92 Å². The number of benzene rings is 2. The van der Waals surface area contributed by atoms with Crippen LogP contribution in [0.25, 0.3) is 22.0 Å². The summed E-state index contributed by atoms with van der Waals surface area (Å²) in [7, 11) is 0.200. The third-order valence-corrected chi connectivity index (χ3v) is 7.44. The van der Waals surface area contributed by atoms with Crippen molar-refractivity contribution in [2.24, 2.45) is 0 Å². The number of nitrogens with zero attached hydrogens (tertiary/aromatic N) is 2. The Bertz CT molecular complexity index is 1160. The van der Waals surface area contributed by atoms with Crippen LogP contribution in [0.15, 0.2) is 35.4 Å². The van der Waals surface area contributed by atoms with Crippen LogP contribution in [0.5, 0.6) is 0 Å². The molecule has 1 aliphatic heterocycles. The van der Waals surface area contributed by atoms with Crippen molar-refractivity contribution in [2.75, 3.05) is 20.6 Å². The molecule has 2 heterocycles. The average molecular weight is 409 g/mol. The molecule has 7 heteroatoms. The third-order valence-electron chi connectivity index (χ3n) is 4.78. The lowest BCUT2D eigenvalue weighted by Crippen LogP contribution is -2.18. The summed E-state index contributed by atoms with van der Waals surface area (Å²) < 4.78 is 28.0. The molecular weight excluding hydrogens is 391 g/mol. The van der Waals surface area contributed by atoms with Crippen LogP contribution < -0.4 is 0 Å². The molecule has 0 saturated heterocycles. The van der Waals surface area contributed by atoms with Crippen LogP contribution in [0.4, 0.5) is 0 Å². The Morgan fingerprint density at radius 1 is 1.12 bits per heavy atom. The number of hydrogen-bond acceptors (Lipinski definition) is 3. The standard InChI is InChI=1S/C19H18Cl2N2O2S/c1-11-8-14-12(6-7-22(2)3)10-23-18(14)15(9-11)13-4-5-16(20)17(21)19(13)26(23,24)25/h4-5,8-10H,6-7H2,1-3H3. The quantitative estimate of drug-likeness (QED) is 0.498. The molecule has 0 unspecified atom stereocenters. The second-order valence-electron chi connectivity index (χ2n) is 6.96. The van der Waals surface area contributed by atoms with Gasteiger partial charge < -0.3 is 4.90 Å². The summed E-state index contributed by atoms with van der Waals surface area (Å²) in [6.07, 6.45) is 2.49. The molecular formula is C19H18Cl2N2O2S. The normalized spacial score (nSPS) is 14.8. The molecule has 4 nitrogen and oxygen atoms in total. The van der Waals surface area contributed by atoms with Crippen LogP contribution in [0.1, 0.15) is 11.1 Å². The van der Waals surface area contributed by atoms with Crippen molar-refractivity contribution in [3.8, 4) is 11.1 Å². The van der Waals surface area contributed by atoms with E-state index in [1.54, 1.807) is 18.3 Å². The minimum absolute atomic E-state index is 0.0769. The summed E-state index contributed by atoms with van der Waals surface area (Å²) in [5.74, 6) is 0. The van der Waals surface area contributed by atoms with Gasteiger partial charge in [-0.3, -0.25) is 0 Å². The van der Waals surface area contributed by atoms with E-state index in [2.05, 4.69) is 11.0 Å². The molecule has 0 spiro atoms. The van der Waals surface area contributed by atoms with Crippen molar-refractivity contribution in [1.29, 1.82) is 0 Å². The summed E-state index contributed by atoms with van der Waals surface area (Å²) in [4.78, 5) is 2.17. The van der Waals surface area contributed by atoms with E-state index in [1.807, 2.05) is 27.1 Å². The Labute approximate surface area is 163 Å². The molecule has 0 fully saturated rings. The number of rotatable bonds is 3. The topological polar surface area (TPSA) is 42.3 Å². The minimum atomic E-state index is -3.80. The van der Waals surface area contributed by atoms with Crippen molar-refractivity contribution >= 4 is 44.1 Å². The third kappa shape index (κ3) is 2.49. The Balaban J connectivity index is 2.11. The molecule has 1 aromatic heterocycles. The summed E-state index contributed by atoms with van der Waals surface area (Å²) in [5.41, 5.74) is 4.29. The van der Waals surface area contributed by atoms with Crippen molar-refractivity contribution in [3.63, 3.8) is 0 Å². The second-order valence-corrected chi connectivity index (χ2v) is 9.49. The zero-order chi connectivity index (χ0) is 18.8. The predicted octanol–water partition coefficient (Wildman–Crippen LogP) is 4.58. The van der Waals surface area contributed by atoms with Crippen LogP contribution in [0.2, 0.25) is 10.0 Å². The van der Waals surface area contributed by atoms with Crippen LogP contribution in [0.3, 0.4) is 0 Å². The number of likely N-dealkylation sites (N-methyl/N-ethyl adjacent to an activating group) is 1. The molecule has 26 heavy (non-hydrogen) atoms. The van der Waals surface area contributed by atoms with E-state index in [4.69, 9.17) is 23.2 Å². The lowest BCUT2D eigenvalue weighted by molar-refractivity contribution is 0.414. The Kier molecular flexibility index (Phi) is 4.12. The number of halogens is 2. The van der Waals surface area contributed by atoms with Crippen molar-refractivity contribution < 1.29 is 8.42 Å². The first-order valence-electron chi connectivity index (χ1n) is 8.25. The number of fused-ring (bicyclic) bond motifs is 2. The SMILES string of the molecule is Cc1cc2c3c(c1)c(CCN(C)C)cn3S(=O)(=O)c1c-2ccc(Cl)c1Cl. The fourth-order valence-corrected chi connectivity index (χ4v) is 5.93. The Hall–Kier alpha value is -1.53. The maximum atomic E-state index is 13.3. The molecule has 3 aromatic rings. The maximum Gasteiger partial charge on any atom is 0.270 e.